The molecule has 2 unspecified atom stereocenters. The second kappa shape index (κ2) is 9.97. The van der Waals surface area contributed by atoms with Crippen LogP contribution in [0.4, 0.5) is 5.69 Å². The Morgan fingerprint density at radius 2 is 1.58 bits per heavy atom. The van der Waals surface area contributed by atoms with E-state index in [1.165, 1.54) is 48.1 Å². The van der Waals surface area contributed by atoms with Crippen molar-refractivity contribution >= 4 is 5.69 Å². The van der Waals surface area contributed by atoms with Gasteiger partial charge in [0.15, 0.2) is 11.5 Å². The van der Waals surface area contributed by atoms with Gasteiger partial charge in [-0.05, 0) is 66.1 Å². The maximum atomic E-state index is 5.67. The van der Waals surface area contributed by atoms with E-state index < -0.39 is 0 Å². The van der Waals surface area contributed by atoms with Crippen molar-refractivity contribution in [1.29, 1.82) is 0 Å². The fourth-order valence-electron chi connectivity index (χ4n) is 4.92. The molecule has 3 heteroatoms. The number of methoxy groups -OCH3 is 2. The van der Waals surface area contributed by atoms with Crippen LogP contribution >= 0.6 is 0 Å². The monoisotopic (exact) mass is 423 g/mol. The van der Waals surface area contributed by atoms with Crippen molar-refractivity contribution in [3.63, 3.8) is 0 Å². The molecule has 3 nitrogen and oxygen atoms in total. The zero-order valence-electron chi connectivity index (χ0n) is 20.6. The molecule has 0 fully saturated rings. The van der Waals surface area contributed by atoms with E-state index in [4.69, 9.17) is 9.47 Å². The van der Waals surface area contributed by atoms with Crippen LogP contribution in [0.15, 0.2) is 36.4 Å². The largest absolute Gasteiger partial charge is 0.493 e. The number of nitrogens with zero attached hydrogens (tertiary/aromatic N) is 1. The molecule has 0 radical (unpaired) electrons. The number of hydrogen-bond acceptors (Lipinski definition) is 3. The van der Waals surface area contributed by atoms with E-state index in [1.54, 1.807) is 14.2 Å². The molecule has 0 amide bonds. The van der Waals surface area contributed by atoms with Gasteiger partial charge in [0.25, 0.3) is 0 Å². The molecule has 2 aromatic carbocycles. The van der Waals surface area contributed by atoms with Crippen molar-refractivity contribution in [1.82, 2.24) is 0 Å². The van der Waals surface area contributed by atoms with Gasteiger partial charge < -0.3 is 14.4 Å². The van der Waals surface area contributed by atoms with E-state index in [0.29, 0.717) is 12.1 Å². The van der Waals surface area contributed by atoms with Gasteiger partial charge in [0.1, 0.15) is 0 Å². The van der Waals surface area contributed by atoms with Gasteiger partial charge in [-0.25, -0.2) is 0 Å². The lowest BCUT2D eigenvalue weighted by Gasteiger charge is -2.44. The average molecular weight is 424 g/mol. The summed E-state index contributed by atoms with van der Waals surface area (Å²) in [6, 6.07) is 14.5. The van der Waals surface area contributed by atoms with Crippen LogP contribution in [0.25, 0.3) is 0 Å². The summed E-state index contributed by atoms with van der Waals surface area (Å²) < 4.78 is 11.3. The minimum Gasteiger partial charge on any atom is -0.493 e. The molecule has 3 rings (SSSR count). The maximum Gasteiger partial charge on any atom is 0.161 e. The number of hydrogen-bond donors (Lipinski definition) is 0. The van der Waals surface area contributed by atoms with Gasteiger partial charge in [0.2, 0.25) is 0 Å². The van der Waals surface area contributed by atoms with Gasteiger partial charge in [0.05, 0.1) is 20.3 Å². The van der Waals surface area contributed by atoms with Gasteiger partial charge in [-0.2, -0.15) is 0 Å². The third kappa shape index (κ3) is 5.19. The minimum atomic E-state index is 0.169. The Balaban J connectivity index is 2.01. The molecular weight excluding hydrogens is 382 g/mol. The zero-order valence-corrected chi connectivity index (χ0v) is 20.6. The predicted octanol–water partition coefficient (Wildman–Crippen LogP) is 7.46. The van der Waals surface area contributed by atoms with E-state index in [9.17, 15) is 0 Å². The number of fused-ring (bicyclic) bond motifs is 1. The molecule has 170 valence electrons. The molecule has 0 bridgehead atoms. The Morgan fingerprint density at radius 3 is 2.16 bits per heavy atom. The summed E-state index contributed by atoms with van der Waals surface area (Å²) in [4.78, 5) is 2.65. The predicted molar refractivity (Wildman–Crippen MR) is 132 cm³/mol. The van der Waals surface area contributed by atoms with E-state index in [0.717, 1.165) is 24.3 Å². The second-order valence-electron chi connectivity index (χ2n) is 10.0. The van der Waals surface area contributed by atoms with Crippen LogP contribution in [0, 0.1) is 0 Å². The van der Waals surface area contributed by atoms with Crippen molar-refractivity contribution in [2.45, 2.75) is 90.6 Å². The third-order valence-electron chi connectivity index (χ3n) is 6.69. The van der Waals surface area contributed by atoms with Gasteiger partial charge in [-0.15, -0.1) is 0 Å². The highest BCUT2D eigenvalue weighted by Gasteiger charge is 2.33. The lowest BCUT2D eigenvalue weighted by atomic mass is 9.84. The molecule has 0 saturated heterocycles. The Labute approximate surface area is 189 Å². The molecule has 1 aliphatic rings. The van der Waals surface area contributed by atoms with Crippen LogP contribution in [0.3, 0.4) is 0 Å². The minimum absolute atomic E-state index is 0.169. The summed E-state index contributed by atoms with van der Waals surface area (Å²) in [7, 11) is 3.46. The number of benzene rings is 2. The highest BCUT2D eigenvalue weighted by molar-refractivity contribution is 5.58. The molecule has 0 saturated carbocycles. The summed E-state index contributed by atoms with van der Waals surface area (Å²) >= 11 is 0. The van der Waals surface area contributed by atoms with Crippen molar-refractivity contribution < 1.29 is 9.47 Å². The molecule has 31 heavy (non-hydrogen) atoms. The topological polar surface area (TPSA) is 21.7 Å². The molecule has 2 atom stereocenters. The number of ether oxygens (including phenoxy) is 2. The quantitative estimate of drug-likeness (QED) is 0.411. The molecule has 1 aliphatic heterocycles. The summed E-state index contributed by atoms with van der Waals surface area (Å²) in [5.74, 6) is 1.67. The summed E-state index contributed by atoms with van der Waals surface area (Å²) in [6.45, 7) is 11.5. The molecular formula is C28H41NO2. The first kappa shape index (κ1) is 23.5. The Morgan fingerprint density at radius 1 is 0.935 bits per heavy atom. The number of unbranched alkanes of at least 4 members (excludes halogenated alkanes) is 3. The summed E-state index contributed by atoms with van der Waals surface area (Å²) in [5.41, 5.74) is 5.66. The molecule has 0 aliphatic carbocycles. The molecule has 2 aromatic rings. The van der Waals surface area contributed by atoms with E-state index in [1.807, 2.05) is 0 Å². The standard InChI is InChI=1S/C28H41NO2/c1-8-9-10-11-12-25-24-19-27(31-7)26(30-6)18-21(24)17-20(2)29(25)23-15-13-22(14-16-23)28(3,4)5/h13-16,18-20,25H,8-12,17H2,1-7H3. The second-order valence-corrected chi connectivity index (χ2v) is 10.0. The highest BCUT2D eigenvalue weighted by atomic mass is 16.5. The van der Waals surface area contributed by atoms with Gasteiger partial charge in [-0.1, -0.05) is 65.5 Å². The van der Waals surface area contributed by atoms with Crippen molar-refractivity contribution in [3.8, 4) is 11.5 Å². The Hall–Kier alpha value is -2.16. The van der Waals surface area contributed by atoms with Crippen LogP contribution in [0.1, 0.15) is 89.5 Å². The van der Waals surface area contributed by atoms with Gasteiger partial charge in [0, 0.05) is 11.7 Å². The smallest absolute Gasteiger partial charge is 0.161 e. The third-order valence-corrected chi connectivity index (χ3v) is 6.69. The highest BCUT2D eigenvalue weighted by Crippen LogP contribution is 2.44. The summed E-state index contributed by atoms with van der Waals surface area (Å²) in [6.07, 6.45) is 7.29. The number of rotatable bonds is 8. The fourth-order valence-corrected chi connectivity index (χ4v) is 4.92. The average Bonchev–Trinajstić information content (AvgIpc) is 2.75. The zero-order chi connectivity index (χ0) is 22.6. The van der Waals surface area contributed by atoms with Gasteiger partial charge >= 0.3 is 0 Å². The van der Waals surface area contributed by atoms with Crippen LogP contribution in [-0.4, -0.2) is 20.3 Å². The maximum absolute atomic E-state index is 5.67. The van der Waals surface area contributed by atoms with Crippen LogP contribution < -0.4 is 14.4 Å². The van der Waals surface area contributed by atoms with Crippen molar-refractivity contribution in [2.24, 2.45) is 0 Å². The normalized spacial score (nSPS) is 18.6. The fraction of sp³-hybridized carbons (Fsp3) is 0.571. The SMILES string of the molecule is CCCCCCC1c2cc(OC)c(OC)cc2CC(C)N1c1ccc(C(C)(C)C)cc1. The van der Waals surface area contributed by atoms with E-state index >= 15 is 0 Å². The van der Waals surface area contributed by atoms with Crippen LogP contribution in [0.2, 0.25) is 0 Å². The first-order valence-electron chi connectivity index (χ1n) is 11.9. The van der Waals surface area contributed by atoms with Crippen molar-refractivity contribution in [3.05, 3.63) is 53.1 Å². The lowest BCUT2D eigenvalue weighted by molar-refractivity contribution is 0.351. The Bertz CT molecular complexity index is 851. The summed E-state index contributed by atoms with van der Waals surface area (Å²) in [5, 5.41) is 0. The molecule has 1 heterocycles. The van der Waals surface area contributed by atoms with Crippen LogP contribution in [-0.2, 0) is 11.8 Å². The van der Waals surface area contributed by atoms with Crippen LogP contribution in [0.5, 0.6) is 11.5 Å². The molecule has 0 spiro atoms. The first-order chi connectivity index (χ1) is 14.8. The molecule has 0 aromatic heterocycles. The van der Waals surface area contributed by atoms with Crippen molar-refractivity contribution in [2.75, 3.05) is 19.1 Å². The number of anilines is 1. The van der Waals surface area contributed by atoms with Gasteiger partial charge in [-0.3, -0.25) is 0 Å². The Kier molecular flexibility index (Phi) is 7.56. The van der Waals surface area contributed by atoms with E-state index in [-0.39, 0.29) is 5.41 Å². The lowest BCUT2D eigenvalue weighted by Crippen LogP contribution is -2.42. The first-order valence-corrected chi connectivity index (χ1v) is 11.9. The molecule has 0 N–H and O–H groups in total. The van der Waals surface area contributed by atoms with E-state index in [2.05, 4.69) is 75.9 Å².